The van der Waals surface area contributed by atoms with E-state index in [1.165, 1.54) is 0 Å². The van der Waals surface area contributed by atoms with Crippen molar-refractivity contribution in [3.8, 4) is 0 Å². The van der Waals surface area contributed by atoms with Crippen LogP contribution in [0.3, 0.4) is 0 Å². The average molecular weight is 243 g/mol. The van der Waals surface area contributed by atoms with Crippen LogP contribution in [0.15, 0.2) is 18.2 Å². The second-order valence-corrected chi connectivity index (χ2v) is 4.04. The molecule has 0 aliphatic carbocycles. The molecule has 0 aromatic heterocycles. The molecule has 4 heteroatoms. The Labute approximate surface area is 102 Å². The second kappa shape index (κ2) is 6.74. The van der Waals surface area contributed by atoms with E-state index in [4.69, 9.17) is 16.7 Å². The van der Waals surface area contributed by atoms with Crippen LogP contribution in [0.5, 0.6) is 0 Å². The summed E-state index contributed by atoms with van der Waals surface area (Å²) in [5.41, 5.74) is 2.29. The highest BCUT2D eigenvalue weighted by atomic mass is 35.5. The SMILES string of the molecule is CCN(CCO)c1ccc(Cl)cc1CNC. The Bertz CT molecular complexity index is 331. The van der Waals surface area contributed by atoms with Crippen molar-refractivity contribution in [2.24, 2.45) is 0 Å². The van der Waals surface area contributed by atoms with Gasteiger partial charge in [0.2, 0.25) is 0 Å². The molecule has 0 heterocycles. The van der Waals surface area contributed by atoms with Crippen LogP contribution >= 0.6 is 11.6 Å². The van der Waals surface area contributed by atoms with Gasteiger partial charge in [0.15, 0.2) is 0 Å². The molecule has 1 rings (SSSR count). The van der Waals surface area contributed by atoms with Crippen molar-refractivity contribution in [3.05, 3.63) is 28.8 Å². The molecule has 90 valence electrons. The van der Waals surface area contributed by atoms with E-state index in [9.17, 15) is 0 Å². The van der Waals surface area contributed by atoms with Gasteiger partial charge < -0.3 is 15.3 Å². The predicted octanol–water partition coefficient (Wildman–Crippen LogP) is 1.88. The maximum absolute atomic E-state index is 9.02. The molecule has 0 atom stereocenters. The summed E-state index contributed by atoms with van der Waals surface area (Å²) in [6, 6.07) is 5.86. The molecule has 0 unspecified atom stereocenters. The van der Waals surface area contributed by atoms with E-state index >= 15 is 0 Å². The van der Waals surface area contributed by atoms with E-state index in [1.807, 2.05) is 25.2 Å². The van der Waals surface area contributed by atoms with Gasteiger partial charge in [0.1, 0.15) is 0 Å². The zero-order valence-corrected chi connectivity index (χ0v) is 10.6. The van der Waals surface area contributed by atoms with Gasteiger partial charge in [0, 0.05) is 30.3 Å². The molecule has 0 saturated carbocycles. The lowest BCUT2D eigenvalue weighted by Crippen LogP contribution is -2.27. The van der Waals surface area contributed by atoms with Gasteiger partial charge in [-0.1, -0.05) is 11.6 Å². The standard InChI is InChI=1S/C12H19ClN2O/c1-3-15(6-7-16)12-5-4-11(13)8-10(12)9-14-2/h4-5,8,14,16H,3,6-7,9H2,1-2H3. The lowest BCUT2D eigenvalue weighted by atomic mass is 10.1. The fraction of sp³-hybridized carbons (Fsp3) is 0.500. The van der Waals surface area contributed by atoms with Crippen molar-refractivity contribution in [1.29, 1.82) is 0 Å². The molecule has 3 nitrogen and oxygen atoms in total. The smallest absolute Gasteiger partial charge is 0.0606 e. The largest absolute Gasteiger partial charge is 0.395 e. The summed E-state index contributed by atoms with van der Waals surface area (Å²) < 4.78 is 0. The molecular formula is C12H19ClN2O. The van der Waals surface area contributed by atoms with E-state index < -0.39 is 0 Å². The zero-order chi connectivity index (χ0) is 12.0. The van der Waals surface area contributed by atoms with Crippen LogP contribution in [0.2, 0.25) is 5.02 Å². The molecule has 0 spiro atoms. The number of benzene rings is 1. The first-order chi connectivity index (χ1) is 7.72. The molecule has 0 aliphatic heterocycles. The van der Waals surface area contributed by atoms with E-state index in [0.29, 0.717) is 6.54 Å². The van der Waals surface area contributed by atoms with Gasteiger partial charge in [-0.25, -0.2) is 0 Å². The number of nitrogens with one attached hydrogen (secondary N) is 1. The molecule has 0 bridgehead atoms. The highest BCUT2D eigenvalue weighted by molar-refractivity contribution is 6.30. The third-order valence-corrected chi connectivity index (χ3v) is 2.74. The number of hydrogen-bond donors (Lipinski definition) is 2. The fourth-order valence-corrected chi connectivity index (χ4v) is 1.96. The van der Waals surface area contributed by atoms with Gasteiger partial charge in [0.25, 0.3) is 0 Å². The number of aliphatic hydroxyl groups is 1. The van der Waals surface area contributed by atoms with E-state index in [2.05, 4.69) is 17.1 Å². The van der Waals surface area contributed by atoms with Crippen molar-refractivity contribution >= 4 is 17.3 Å². The third kappa shape index (κ3) is 3.37. The van der Waals surface area contributed by atoms with Gasteiger partial charge in [0.05, 0.1) is 6.61 Å². The first-order valence-corrected chi connectivity index (χ1v) is 5.89. The first kappa shape index (κ1) is 13.3. The molecule has 0 radical (unpaired) electrons. The van der Waals surface area contributed by atoms with Crippen LogP contribution in [-0.2, 0) is 6.54 Å². The van der Waals surface area contributed by atoms with Gasteiger partial charge >= 0.3 is 0 Å². The van der Waals surface area contributed by atoms with Crippen LogP contribution in [0.25, 0.3) is 0 Å². The van der Waals surface area contributed by atoms with Crippen molar-refractivity contribution in [2.45, 2.75) is 13.5 Å². The van der Waals surface area contributed by atoms with Gasteiger partial charge in [-0.15, -0.1) is 0 Å². The Morgan fingerprint density at radius 1 is 1.44 bits per heavy atom. The zero-order valence-electron chi connectivity index (χ0n) is 9.83. The summed E-state index contributed by atoms with van der Waals surface area (Å²) in [4.78, 5) is 2.14. The molecule has 2 N–H and O–H groups in total. The summed E-state index contributed by atoms with van der Waals surface area (Å²) in [5, 5.41) is 12.9. The van der Waals surface area contributed by atoms with Gasteiger partial charge in [-0.05, 0) is 37.7 Å². The lowest BCUT2D eigenvalue weighted by molar-refractivity contribution is 0.302. The summed E-state index contributed by atoms with van der Waals surface area (Å²) in [7, 11) is 1.91. The minimum Gasteiger partial charge on any atom is -0.395 e. The average Bonchev–Trinajstić information content (AvgIpc) is 2.27. The summed E-state index contributed by atoms with van der Waals surface area (Å²) in [6.45, 7) is 4.54. The fourth-order valence-electron chi connectivity index (χ4n) is 1.76. The predicted molar refractivity (Wildman–Crippen MR) is 69.2 cm³/mol. The number of hydrogen-bond acceptors (Lipinski definition) is 3. The molecule has 16 heavy (non-hydrogen) atoms. The molecule has 1 aromatic carbocycles. The molecule has 0 saturated heterocycles. The summed E-state index contributed by atoms with van der Waals surface area (Å²) in [6.07, 6.45) is 0. The number of anilines is 1. The van der Waals surface area contributed by atoms with Crippen LogP contribution in [0.4, 0.5) is 5.69 Å². The molecular weight excluding hydrogens is 224 g/mol. The number of halogens is 1. The number of likely N-dealkylation sites (N-methyl/N-ethyl adjacent to an activating group) is 1. The Kier molecular flexibility index (Phi) is 5.60. The van der Waals surface area contributed by atoms with Crippen LogP contribution in [-0.4, -0.2) is 31.9 Å². The topological polar surface area (TPSA) is 35.5 Å². The van der Waals surface area contributed by atoms with E-state index in [0.717, 1.165) is 29.4 Å². The van der Waals surface area contributed by atoms with Crippen LogP contribution in [0.1, 0.15) is 12.5 Å². The number of aliphatic hydroxyl groups excluding tert-OH is 1. The summed E-state index contributed by atoms with van der Waals surface area (Å²) in [5.74, 6) is 0. The van der Waals surface area contributed by atoms with E-state index in [-0.39, 0.29) is 6.61 Å². The van der Waals surface area contributed by atoms with Crippen molar-refractivity contribution in [2.75, 3.05) is 31.6 Å². The van der Waals surface area contributed by atoms with Crippen LogP contribution in [0, 0.1) is 0 Å². The quantitative estimate of drug-likeness (QED) is 0.800. The molecule has 0 aliphatic rings. The lowest BCUT2D eigenvalue weighted by Gasteiger charge is -2.25. The third-order valence-electron chi connectivity index (χ3n) is 2.50. The Hall–Kier alpha value is -0.770. The Balaban J connectivity index is 2.99. The summed E-state index contributed by atoms with van der Waals surface area (Å²) >= 11 is 5.98. The Morgan fingerprint density at radius 3 is 2.75 bits per heavy atom. The number of rotatable bonds is 6. The van der Waals surface area contributed by atoms with Gasteiger partial charge in [-0.2, -0.15) is 0 Å². The highest BCUT2D eigenvalue weighted by Gasteiger charge is 2.09. The van der Waals surface area contributed by atoms with Crippen molar-refractivity contribution in [3.63, 3.8) is 0 Å². The minimum absolute atomic E-state index is 0.162. The van der Waals surface area contributed by atoms with E-state index in [1.54, 1.807) is 0 Å². The maximum atomic E-state index is 9.02. The van der Waals surface area contributed by atoms with Crippen LogP contribution < -0.4 is 10.2 Å². The molecule has 0 amide bonds. The van der Waals surface area contributed by atoms with Crippen molar-refractivity contribution in [1.82, 2.24) is 5.32 Å². The molecule has 0 fully saturated rings. The van der Waals surface area contributed by atoms with Crippen molar-refractivity contribution < 1.29 is 5.11 Å². The maximum Gasteiger partial charge on any atom is 0.0606 e. The normalized spacial score (nSPS) is 10.5. The number of nitrogens with zero attached hydrogens (tertiary/aromatic N) is 1. The minimum atomic E-state index is 0.162. The second-order valence-electron chi connectivity index (χ2n) is 3.61. The Morgan fingerprint density at radius 2 is 2.19 bits per heavy atom. The van der Waals surface area contributed by atoms with Gasteiger partial charge in [-0.3, -0.25) is 0 Å². The first-order valence-electron chi connectivity index (χ1n) is 5.51. The highest BCUT2D eigenvalue weighted by Crippen LogP contribution is 2.24. The molecule has 1 aromatic rings. The monoisotopic (exact) mass is 242 g/mol.